The highest BCUT2D eigenvalue weighted by molar-refractivity contribution is 5.89. The molecule has 6 aromatic carbocycles. The van der Waals surface area contributed by atoms with Gasteiger partial charge in [-0.25, -0.2) is 4.79 Å². The SMILES string of the molecule is CCCCCCOc1ccc(N=Nc2ccc(C=CC(=O)Oc3ccc4c(c3)C3(CC(C)(C)c5ccc(OOCC=Cc6ccc(N=Nc7ccc(OCCC)cc7)cc6)cc53)CC4(C)C)cc2)cc1. The van der Waals surface area contributed by atoms with Gasteiger partial charge in [0, 0.05) is 11.5 Å². The summed E-state index contributed by atoms with van der Waals surface area (Å²) in [5, 5.41) is 17.5. The summed E-state index contributed by atoms with van der Waals surface area (Å²) in [4.78, 5) is 24.9. The molecule has 0 radical (unpaired) electrons. The quantitative estimate of drug-likeness (QED) is 0.0135. The molecular formula is C60H64N4O6. The lowest BCUT2D eigenvalue weighted by Gasteiger charge is -2.30. The fourth-order valence-electron chi connectivity index (χ4n) is 9.75. The number of fused-ring (bicyclic) bond motifs is 4. The van der Waals surface area contributed by atoms with Crippen LogP contribution in [-0.4, -0.2) is 25.8 Å². The van der Waals surface area contributed by atoms with E-state index in [1.54, 1.807) is 6.08 Å². The van der Waals surface area contributed by atoms with Crippen molar-refractivity contribution in [3.8, 4) is 23.0 Å². The van der Waals surface area contributed by atoms with Crippen LogP contribution >= 0.6 is 0 Å². The highest BCUT2D eigenvalue weighted by Gasteiger charge is 2.56. The summed E-state index contributed by atoms with van der Waals surface area (Å²) in [5.74, 6) is 2.37. The number of carbonyl (C=O) groups excluding carboxylic acids is 1. The lowest BCUT2D eigenvalue weighted by Crippen LogP contribution is -2.27. The van der Waals surface area contributed by atoms with E-state index >= 15 is 0 Å². The van der Waals surface area contributed by atoms with E-state index in [9.17, 15) is 4.79 Å². The number of nitrogens with zero attached hydrogens (tertiary/aromatic N) is 4. The van der Waals surface area contributed by atoms with Gasteiger partial charge < -0.3 is 19.1 Å². The molecule has 0 saturated heterocycles. The second-order valence-corrected chi connectivity index (χ2v) is 19.5. The lowest BCUT2D eigenvalue weighted by atomic mass is 9.72. The molecule has 1 atom stereocenters. The standard InChI is InChI=1S/C60H64N4O6/c1-7-9-10-11-37-67-50-29-25-48(26-30-50)64-62-46-21-16-44(17-22-46)18-35-57(65)69-51-31-33-53-55(39-51)60(41-58(53,3)4)42-59(5,6)54-34-32-52(40-56(54)60)70-68-38-12-13-43-14-19-45(20-15-43)61-63-47-23-27-49(28-24-47)66-36-8-2/h12-35,39-40H,7-11,36-38,41-42H2,1-6H3. The molecule has 2 aliphatic rings. The Morgan fingerprint density at radius 1 is 0.514 bits per heavy atom. The maximum absolute atomic E-state index is 13.3. The first-order valence-corrected chi connectivity index (χ1v) is 24.6. The first kappa shape index (κ1) is 49.3. The minimum atomic E-state index is -0.452. The number of carbonyl (C=O) groups is 1. The summed E-state index contributed by atoms with van der Waals surface area (Å²) in [7, 11) is 0. The first-order valence-electron chi connectivity index (χ1n) is 24.6. The maximum atomic E-state index is 13.3. The van der Waals surface area contributed by atoms with Gasteiger partial charge in [-0.3, -0.25) is 0 Å². The van der Waals surface area contributed by atoms with Crippen molar-refractivity contribution in [3.05, 3.63) is 179 Å². The lowest BCUT2D eigenvalue weighted by molar-refractivity contribution is -0.195. The monoisotopic (exact) mass is 936 g/mol. The van der Waals surface area contributed by atoms with Gasteiger partial charge in [-0.15, -0.1) is 0 Å². The smallest absolute Gasteiger partial charge is 0.336 e. The average Bonchev–Trinajstić information content (AvgIpc) is 3.73. The highest BCUT2D eigenvalue weighted by Crippen LogP contribution is 2.63. The zero-order valence-electron chi connectivity index (χ0n) is 41.3. The van der Waals surface area contributed by atoms with Crippen molar-refractivity contribution in [1.82, 2.24) is 0 Å². The van der Waals surface area contributed by atoms with Gasteiger partial charge in [-0.1, -0.05) is 109 Å². The van der Waals surface area contributed by atoms with E-state index in [0.29, 0.717) is 23.8 Å². The van der Waals surface area contributed by atoms with Crippen LogP contribution in [0.3, 0.4) is 0 Å². The number of unbranched alkanes of at least 4 members (excludes halogenated alkanes) is 3. The van der Waals surface area contributed by atoms with Gasteiger partial charge in [-0.2, -0.15) is 25.3 Å². The van der Waals surface area contributed by atoms with E-state index in [1.165, 1.54) is 47.6 Å². The summed E-state index contributed by atoms with van der Waals surface area (Å²) in [6.07, 6.45) is 14.6. The molecule has 0 N–H and O–H groups in total. The largest absolute Gasteiger partial charge is 0.494 e. The Morgan fingerprint density at radius 3 is 1.51 bits per heavy atom. The van der Waals surface area contributed by atoms with Crippen molar-refractivity contribution in [3.63, 3.8) is 0 Å². The Balaban J connectivity index is 0.863. The van der Waals surface area contributed by atoms with Gasteiger partial charge >= 0.3 is 5.97 Å². The molecule has 0 aliphatic heterocycles. The number of benzene rings is 6. The van der Waals surface area contributed by atoms with E-state index in [4.69, 9.17) is 24.0 Å². The fourth-order valence-corrected chi connectivity index (χ4v) is 9.75. The minimum Gasteiger partial charge on any atom is -0.494 e. The Kier molecular flexibility index (Phi) is 15.8. The van der Waals surface area contributed by atoms with E-state index in [1.807, 2.05) is 121 Å². The highest BCUT2D eigenvalue weighted by atomic mass is 17.2. The molecule has 70 heavy (non-hydrogen) atoms. The molecule has 0 fully saturated rings. The number of ether oxygens (including phenoxy) is 3. The summed E-state index contributed by atoms with van der Waals surface area (Å²) in [5.41, 5.74) is 9.26. The van der Waals surface area contributed by atoms with E-state index in [-0.39, 0.29) is 22.9 Å². The fraction of sp³-hybridized carbons (Fsp3) is 0.317. The molecule has 0 saturated carbocycles. The van der Waals surface area contributed by atoms with Crippen molar-refractivity contribution >= 4 is 40.9 Å². The van der Waals surface area contributed by atoms with Crippen LogP contribution in [0.2, 0.25) is 0 Å². The van der Waals surface area contributed by atoms with Gasteiger partial charge in [0.05, 0.1) is 36.0 Å². The zero-order valence-corrected chi connectivity index (χ0v) is 41.3. The third kappa shape index (κ3) is 12.3. The topological polar surface area (TPSA) is 113 Å². The maximum Gasteiger partial charge on any atom is 0.336 e. The molecule has 8 rings (SSSR count). The van der Waals surface area contributed by atoms with E-state index in [0.717, 1.165) is 72.0 Å². The Labute approximate surface area is 413 Å². The summed E-state index contributed by atoms with van der Waals surface area (Å²) < 4.78 is 17.5. The molecule has 0 bridgehead atoms. The van der Waals surface area contributed by atoms with Gasteiger partial charge in [0.15, 0.2) is 5.75 Å². The predicted molar refractivity (Wildman–Crippen MR) is 279 cm³/mol. The summed E-state index contributed by atoms with van der Waals surface area (Å²) >= 11 is 0. The second kappa shape index (κ2) is 22.5. The normalized spacial score (nSPS) is 16.7. The van der Waals surface area contributed by atoms with Gasteiger partial charge in [0.1, 0.15) is 23.9 Å². The van der Waals surface area contributed by atoms with Crippen molar-refractivity contribution in [2.24, 2.45) is 20.5 Å². The Bertz CT molecular complexity index is 2830. The average molecular weight is 937 g/mol. The predicted octanol–water partition coefficient (Wildman–Crippen LogP) is 16.6. The molecule has 2 aliphatic carbocycles. The van der Waals surface area contributed by atoms with Crippen LogP contribution in [0, 0.1) is 0 Å². The third-order valence-electron chi connectivity index (χ3n) is 13.0. The molecule has 0 aromatic heterocycles. The number of rotatable bonds is 21. The minimum absolute atomic E-state index is 0.0959. The number of hydrogen-bond acceptors (Lipinski definition) is 10. The Hall–Kier alpha value is -7.17. The third-order valence-corrected chi connectivity index (χ3v) is 13.0. The van der Waals surface area contributed by atoms with Crippen LogP contribution in [0.1, 0.15) is 120 Å². The molecule has 10 nitrogen and oxygen atoms in total. The van der Waals surface area contributed by atoms with Crippen LogP contribution in [0.5, 0.6) is 23.0 Å². The van der Waals surface area contributed by atoms with Crippen LogP contribution in [0.25, 0.3) is 12.2 Å². The van der Waals surface area contributed by atoms with E-state index in [2.05, 4.69) is 86.3 Å². The summed E-state index contributed by atoms with van der Waals surface area (Å²) in [6.45, 7) is 15.2. The molecule has 6 aromatic rings. The molecule has 1 unspecified atom stereocenters. The van der Waals surface area contributed by atoms with Crippen molar-refractivity contribution in [1.29, 1.82) is 0 Å². The van der Waals surface area contributed by atoms with Gasteiger partial charge in [0.2, 0.25) is 0 Å². The van der Waals surface area contributed by atoms with Gasteiger partial charge in [-0.05, 0) is 173 Å². The second-order valence-electron chi connectivity index (χ2n) is 19.5. The van der Waals surface area contributed by atoms with Gasteiger partial charge in [0.25, 0.3) is 0 Å². The van der Waals surface area contributed by atoms with Crippen molar-refractivity contribution in [2.75, 3.05) is 19.8 Å². The zero-order chi connectivity index (χ0) is 49.0. The molecule has 10 heteroatoms. The number of azo groups is 2. The van der Waals surface area contributed by atoms with Crippen LogP contribution in [-0.2, 0) is 25.9 Å². The molecule has 1 spiro atoms. The van der Waals surface area contributed by atoms with Crippen molar-refractivity contribution in [2.45, 2.75) is 103 Å². The number of hydrogen-bond donors (Lipinski definition) is 0. The van der Waals surface area contributed by atoms with E-state index < -0.39 is 5.97 Å². The Morgan fingerprint density at radius 2 is 0.986 bits per heavy atom. The summed E-state index contributed by atoms with van der Waals surface area (Å²) in [6, 6.07) is 43.0. The van der Waals surface area contributed by atoms with Crippen LogP contribution in [0.15, 0.2) is 166 Å². The number of esters is 1. The van der Waals surface area contributed by atoms with Crippen LogP contribution in [0.4, 0.5) is 22.7 Å². The van der Waals surface area contributed by atoms with Crippen LogP contribution < -0.4 is 19.1 Å². The first-order chi connectivity index (χ1) is 33.9. The molecule has 0 heterocycles. The molecule has 0 amide bonds. The van der Waals surface area contributed by atoms with Crippen molar-refractivity contribution < 1.29 is 28.8 Å². The molecular weight excluding hydrogens is 873 g/mol. The molecule has 360 valence electrons.